The molecule has 0 aliphatic carbocycles. The molecule has 1 N–H and O–H groups in total. The Morgan fingerprint density at radius 1 is 0.944 bits per heavy atom. The molecule has 36 heavy (non-hydrogen) atoms. The molecule has 0 bridgehead atoms. The van der Waals surface area contributed by atoms with E-state index in [2.05, 4.69) is 5.32 Å². The van der Waals surface area contributed by atoms with E-state index >= 15 is 0 Å². The Balaban J connectivity index is 2.00. The number of carbonyl (C=O) groups is 2. The average molecular weight is 532 g/mol. The molecule has 1 atom stereocenters. The van der Waals surface area contributed by atoms with Gasteiger partial charge >= 0.3 is 0 Å². The van der Waals surface area contributed by atoms with Crippen molar-refractivity contribution in [3.05, 3.63) is 101 Å². The van der Waals surface area contributed by atoms with Crippen LogP contribution in [0.25, 0.3) is 0 Å². The van der Waals surface area contributed by atoms with Gasteiger partial charge in [0.2, 0.25) is 21.8 Å². The number of amides is 2. The Kier molecular flexibility index (Phi) is 9.06. The molecule has 0 unspecified atom stereocenters. The molecule has 2 amide bonds. The van der Waals surface area contributed by atoms with Gasteiger partial charge in [0.25, 0.3) is 0 Å². The van der Waals surface area contributed by atoms with Crippen molar-refractivity contribution in [1.82, 2.24) is 10.2 Å². The number of anilines is 1. The number of likely N-dealkylation sites (N-methyl/N-ethyl adjacent to an activating group) is 1. The first-order chi connectivity index (χ1) is 17.1. The summed E-state index contributed by atoms with van der Waals surface area (Å²) in [4.78, 5) is 28.0. The predicted molar refractivity (Wildman–Crippen MR) is 139 cm³/mol. The predicted octanol–water partition coefficient (Wildman–Crippen LogP) is 3.63. The highest BCUT2D eigenvalue weighted by Gasteiger charge is 2.32. The van der Waals surface area contributed by atoms with Gasteiger partial charge in [0.05, 0.1) is 11.9 Å². The van der Waals surface area contributed by atoms with Crippen LogP contribution in [-0.4, -0.2) is 51.0 Å². The third-order valence-corrected chi connectivity index (χ3v) is 6.97. The molecule has 0 saturated carbocycles. The van der Waals surface area contributed by atoms with Gasteiger partial charge in [-0.25, -0.2) is 12.8 Å². The van der Waals surface area contributed by atoms with Crippen molar-refractivity contribution in [3.63, 3.8) is 0 Å². The maximum atomic E-state index is 13.7. The Morgan fingerprint density at radius 3 is 2.11 bits per heavy atom. The second-order valence-electron chi connectivity index (χ2n) is 8.21. The molecule has 0 saturated heterocycles. The lowest BCUT2D eigenvalue weighted by molar-refractivity contribution is -0.139. The van der Waals surface area contributed by atoms with Crippen LogP contribution in [-0.2, 0) is 32.6 Å². The molecule has 10 heteroatoms. The van der Waals surface area contributed by atoms with Crippen LogP contribution in [0.4, 0.5) is 10.1 Å². The monoisotopic (exact) mass is 531 g/mol. The summed E-state index contributed by atoms with van der Waals surface area (Å²) in [5.41, 5.74) is 1.67. The lowest BCUT2D eigenvalue weighted by atomic mass is 10.0. The molecule has 0 radical (unpaired) electrons. The topological polar surface area (TPSA) is 86.8 Å². The molecule has 3 aromatic carbocycles. The highest BCUT2D eigenvalue weighted by molar-refractivity contribution is 7.92. The van der Waals surface area contributed by atoms with Crippen LogP contribution in [0, 0.1) is 5.82 Å². The maximum Gasteiger partial charge on any atom is 0.244 e. The van der Waals surface area contributed by atoms with Crippen LogP contribution in [0.2, 0.25) is 5.02 Å². The Hall–Kier alpha value is -3.43. The zero-order valence-corrected chi connectivity index (χ0v) is 21.5. The minimum absolute atomic E-state index is 0.0255. The van der Waals surface area contributed by atoms with Crippen LogP contribution in [0.15, 0.2) is 78.9 Å². The highest BCUT2D eigenvalue weighted by Crippen LogP contribution is 2.22. The van der Waals surface area contributed by atoms with Crippen LogP contribution in [0.1, 0.15) is 11.1 Å². The zero-order valence-electron chi connectivity index (χ0n) is 19.9. The first-order valence-corrected chi connectivity index (χ1v) is 13.3. The minimum atomic E-state index is -3.86. The van der Waals surface area contributed by atoms with Crippen molar-refractivity contribution in [2.45, 2.75) is 19.0 Å². The molecule has 190 valence electrons. The van der Waals surface area contributed by atoms with Crippen molar-refractivity contribution in [1.29, 1.82) is 0 Å². The number of nitrogens with one attached hydrogen (secondary N) is 1. The lowest BCUT2D eigenvalue weighted by Gasteiger charge is -2.33. The minimum Gasteiger partial charge on any atom is -0.357 e. The number of halogens is 2. The quantitative estimate of drug-likeness (QED) is 0.433. The molecule has 0 aromatic heterocycles. The molecular formula is C26H27ClFN3O4S. The fourth-order valence-electron chi connectivity index (χ4n) is 3.73. The van der Waals surface area contributed by atoms with E-state index in [0.29, 0.717) is 10.6 Å². The van der Waals surface area contributed by atoms with Crippen LogP contribution >= 0.6 is 11.6 Å². The maximum absolute atomic E-state index is 13.7. The van der Waals surface area contributed by atoms with Gasteiger partial charge in [-0.1, -0.05) is 54.1 Å². The Labute approximate surface area is 215 Å². The summed E-state index contributed by atoms with van der Waals surface area (Å²) in [5, 5.41) is 3.01. The molecule has 3 rings (SSSR count). The van der Waals surface area contributed by atoms with Gasteiger partial charge in [-0.2, -0.15) is 0 Å². The summed E-state index contributed by atoms with van der Waals surface area (Å²) in [5.74, 6) is -1.44. The van der Waals surface area contributed by atoms with E-state index < -0.39 is 40.2 Å². The second-order valence-corrected chi connectivity index (χ2v) is 10.6. The van der Waals surface area contributed by atoms with Crippen molar-refractivity contribution in [2.75, 3.05) is 24.2 Å². The highest BCUT2D eigenvalue weighted by atomic mass is 35.5. The third-order valence-electron chi connectivity index (χ3n) is 5.58. The number of benzene rings is 3. The summed E-state index contributed by atoms with van der Waals surface area (Å²) in [6, 6.07) is 19.9. The normalized spacial score (nSPS) is 12.0. The molecule has 3 aromatic rings. The number of hydrogen-bond acceptors (Lipinski definition) is 4. The molecule has 0 spiro atoms. The average Bonchev–Trinajstić information content (AvgIpc) is 2.86. The largest absolute Gasteiger partial charge is 0.357 e. The summed E-state index contributed by atoms with van der Waals surface area (Å²) < 4.78 is 39.7. The van der Waals surface area contributed by atoms with Gasteiger partial charge in [0.1, 0.15) is 18.4 Å². The fraction of sp³-hybridized carbons (Fsp3) is 0.231. The SMILES string of the molecule is CNC(=O)[C@H](Cc1ccccc1)N(Cc1ccc(F)cc1)C(=O)CN(c1ccc(Cl)cc1)S(C)(=O)=O. The standard InChI is InChI=1S/C26H27ClFN3O4S/c1-29-26(33)24(16-19-6-4-3-5-7-19)30(17-20-8-12-22(28)13-9-20)25(32)18-31(36(2,34)35)23-14-10-21(27)11-15-23/h3-15,24H,16-18H2,1-2H3,(H,29,33)/t24-/m0/s1. The van der Waals surface area contributed by atoms with Gasteiger partial charge in [0, 0.05) is 25.0 Å². The van der Waals surface area contributed by atoms with E-state index in [9.17, 15) is 22.4 Å². The first-order valence-electron chi connectivity index (χ1n) is 11.1. The fourth-order valence-corrected chi connectivity index (χ4v) is 4.70. The van der Waals surface area contributed by atoms with Crippen molar-refractivity contribution < 1.29 is 22.4 Å². The van der Waals surface area contributed by atoms with Crippen LogP contribution < -0.4 is 9.62 Å². The lowest BCUT2D eigenvalue weighted by Crippen LogP contribution is -2.52. The van der Waals surface area contributed by atoms with E-state index in [-0.39, 0.29) is 18.7 Å². The number of sulfonamides is 1. The molecule has 0 fully saturated rings. The molecule has 0 heterocycles. The molecule has 0 aliphatic rings. The third kappa shape index (κ3) is 7.29. The summed E-state index contributed by atoms with van der Waals surface area (Å²) in [6.07, 6.45) is 1.20. The second kappa shape index (κ2) is 12.0. The molecule has 7 nitrogen and oxygen atoms in total. The summed E-state index contributed by atoms with van der Waals surface area (Å²) in [6.45, 7) is -0.563. The van der Waals surface area contributed by atoms with Crippen molar-refractivity contribution in [3.8, 4) is 0 Å². The zero-order chi connectivity index (χ0) is 26.3. The molecule has 0 aliphatic heterocycles. The van der Waals surface area contributed by atoms with E-state index in [1.807, 2.05) is 30.3 Å². The number of carbonyl (C=O) groups excluding carboxylic acids is 2. The van der Waals surface area contributed by atoms with Gasteiger partial charge in [-0.3, -0.25) is 13.9 Å². The van der Waals surface area contributed by atoms with E-state index in [4.69, 9.17) is 11.6 Å². The number of hydrogen-bond donors (Lipinski definition) is 1. The van der Waals surface area contributed by atoms with E-state index in [1.165, 1.54) is 60.5 Å². The van der Waals surface area contributed by atoms with Gasteiger partial charge in [-0.05, 0) is 47.5 Å². The smallest absolute Gasteiger partial charge is 0.244 e. The van der Waals surface area contributed by atoms with Crippen molar-refractivity contribution >= 4 is 39.1 Å². The summed E-state index contributed by atoms with van der Waals surface area (Å²) >= 11 is 5.94. The van der Waals surface area contributed by atoms with E-state index in [0.717, 1.165) is 16.1 Å². The summed E-state index contributed by atoms with van der Waals surface area (Å²) in [7, 11) is -2.39. The first kappa shape index (κ1) is 27.2. The van der Waals surface area contributed by atoms with Gasteiger partial charge in [-0.15, -0.1) is 0 Å². The van der Waals surface area contributed by atoms with Crippen molar-refractivity contribution in [2.24, 2.45) is 0 Å². The molecular weight excluding hydrogens is 505 g/mol. The van der Waals surface area contributed by atoms with Gasteiger partial charge < -0.3 is 10.2 Å². The van der Waals surface area contributed by atoms with Gasteiger partial charge in [0.15, 0.2) is 0 Å². The number of rotatable bonds is 10. The van der Waals surface area contributed by atoms with E-state index in [1.54, 1.807) is 0 Å². The van der Waals surface area contributed by atoms with Crippen LogP contribution in [0.3, 0.4) is 0 Å². The van der Waals surface area contributed by atoms with Crippen LogP contribution in [0.5, 0.6) is 0 Å². The Bertz CT molecular complexity index is 1290. The Morgan fingerprint density at radius 2 is 1.56 bits per heavy atom. The number of nitrogens with zero attached hydrogens (tertiary/aromatic N) is 2.